The topological polar surface area (TPSA) is 24.9 Å². The summed E-state index contributed by atoms with van der Waals surface area (Å²) in [7, 11) is 0. The Balaban J connectivity index is 0.694. The van der Waals surface area contributed by atoms with Gasteiger partial charge in [0.25, 0.3) is 0 Å². The highest BCUT2D eigenvalue weighted by Crippen LogP contribution is 2.59. The van der Waals surface area contributed by atoms with Gasteiger partial charge in [-0.25, -0.2) is 0 Å². The van der Waals surface area contributed by atoms with E-state index in [2.05, 4.69) is 421 Å². The van der Waals surface area contributed by atoms with Crippen molar-refractivity contribution >= 4 is 34.1 Å². The number of fused-ring (bicyclic) bond motifs is 9. The average Bonchev–Trinajstić information content (AvgIpc) is 1.54. The molecule has 0 bridgehead atoms. The van der Waals surface area contributed by atoms with Crippen molar-refractivity contribution in [3.8, 4) is 89.4 Å². The van der Waals surface area contributed by atoms with Crippen LogP contribution in [0.3, 0.4) is 0 Å². The van der Waals surface area contributed by atoms with E-state index in [4.69, 9.17) is 9.47 Å². The summed E-state index contributed by atoms with van der Waals surface area (Å²) < 4.78 is 13.0. The lowest BCUT2D eigenvalue weighted by molar-refractivity contribution is 0.107. The number of hydrogen-bond donors (Lipinski definition) is 0. The SMILES string of the molecule is CCC(C)c1ccc(COCc2ccc(Oc3ccc(C4(c5ccccc5)c5cc(-c6ccc(N(c7ccc(-c8ccccc8)cc7)c7ccc8c(c7)C(C)(C)c7ccccc7-8)cc6)ccc5-c5ccc(-c6ccc(N(c7ccc(-c8ccccc8)cc7)c7ccc8c(c7)C(C)(C)c7ccccc7-8)cc6)cc54)cc3)cc2)cc1. The van der Waals surface area contributed by atoms with E-state index in [0.717, 1.165) is 85.4 Å². The molecule has 0 aliphatic heterocycles. The van der Waals surface area contributed by atoms with Gasteiger partial charge >= 0.3 is 0 Å². The summed E-state index contributed by atoms with van der Waals surface area (Å²) in [5.74, 6) is 2.07. The highest BCUT2D eigenvalue weighted by Gasteiger charge is 2.47. The Morgan fingerprint density at radius 3 is 0.991 bits per heavy atom. The van der Waals surface area contributed by atoms with Gasteiger partial charge in [0.1, 0.15) is 11.5 Å². The van der Waals surface area contributed by atoms with E-state index in [-0.39, 0.29) is 10.8 Å². The first-order valence-corrected chi connectivity index (χ1v) is 39.9. The van der Waals surface area contributed by atoms with Crippen LogP contribution in [0.1, 0.15) is 115 Å². The molecule has 4 nitrogen and oxygen atoms in total. The molecule has 1 unspecified atom stereocenters. The average molecular weight is 1460 g/mol. The smallest absolute Gasteiger partial charge is 0.127 e. The molecule has 0 radical (unpaired) electrons. The first kappa shape index (κ1) is 70.3. The van der Waals surface area contributed by atoms with Gasteiger partial charge in [0.05, 0.1) is 18.6 Å². The summed E-state index contributed by atoms with van der Waals surface area (Å²) >= 11 is 0. The van der Waals surface area contributed by atoms with E-state index < -0.39 is 5.41 Å². The summed E-state index contributed by atoms with van der Waals surface area (Å²) in [5, 5.41) is 0. The molecule has 16 aromatic rings. The molecule has 3 aliphatic rings. The van der Waals surface area contributed by atoms with Crippen molar-refractivity contribution < 1.29 is 9.47 Å². The third kappa shape index (κ3) is 12.6. The van der Waals surface area contributed by atoms with Gasteiger partial charge < -0.3 is 19.3 Å². The third-order valence-electron chi connectivity index (χ3n) is 24.5. The molecule has 0 aromatic heterocycles. The normalized spacial score (nSPS) is 13.7. The summed E-state index contributed by atoms with van der Waals surface area (Å²) in [5.41, 5.74) is 36.2. The van der Waals surface area contributed by atoms with Crippen LogP contribution in [0, 0.1) is 0 Å². The minimum absolute atomic E-state index is 0.165. The molecule has 0 amide bonds. The fraction of sp³-hybridized carbons (Fsp3) is 0.119. The molecule has 3 aliphatic carbocycles. The Bertz CT molecular complexity index is 5880. The van der Waals surface area contributed by atoms with Crippen LogP contribution < -0.4 is 14.5 Å². The zero-order valence-corrected chi connectivity index (χ0v) is 64.8. The van der Waals surface area contributed by atoms with Gasteiger partial charge in [0.2, 0.25) is 0 Å². The van der Waals surface area contributed by atoms with Gasteiger partial charge in [-0.1, -0.05) is 315 Å². The molecule has 0 N–H and O–H groups in total. The zero-order chi connectivity index (χ0) is 76.4. The second-order valence-corrected chi connectivity index (χ2v) is 31.8. The molecule has 0 saturated heterocycles. The van der Waals surface area contributed by atoms with Crippen LogP contribution in [0.2, 0.25) is 0 Å². The quantitative estimate of drug-likeness (QED) is 0.0759. The number of ether oxygens (including phenoxy) is 2. The molecular weight excluding hydrogens is 1370 g/mol. The predicted octanol–water partition coefficient (Wildman–Crippen LogP) is 29.3. The Morgan fingerprint density at radius 1 is 0.265 bits per heavy atom. The van der Waals surface area contributed by atoms with Gasteiger partial charge in [-0.3, -0.25) is 0 Å². The summed E-state index contributed by atoms with van der Waals surface area (Å²) in [6.07, 6.45) is 1.12. The Labute approximate surface area is 665 Å². The minimum atomic E-state index is -0.762. The fourth-order valence-corrected chi connectivity index (χ4v) is 18.2. The molecule has 16 aromatic carbocycles. The molecule has 0 heterocycles. The van der Waals surface area contributed by atoms with Crippen molar-refractivity contribution in [1.29, 1.82) is 0 Å². The van der Waals surface area contributed by atoms with E-state index in [0.29, 0.717) is 19.1 Å². The maximum atomic E-state index is 6.74. The monoisotopic (exact) mass is 1460 g/mol. The van der Waals surface area contributed by atoms with E-state index in [1.54, 1.807) is 0 Å². The first-order valence-electron chi connectivity index (χ1n) is 39.9. The fourth-order valence-electron chi connectivity index (χ4n) is 18.2. The molecule has 4 heteroatoms. The van der Waals surface area contributed by atoms with Crippen molar-refractivity contribution in [2.75, 3.05) is 9.80 Å². The summed E-state index contributed by atoms with van der Waals surface area (Å²) in [6.45, 7) is 15.0. The van der Waals surface area contributed by atoms with Crippen molar-refractivity contribution in [3.05, 3.63) is 443 Å². The third-order valence-corrected chi connectivity index (χ3v) is 24.5. The van der Waals surface area contributed by atoms with E-state index in [1.165, 1.54) is 106 Å². The number of benzene rings is 16. The second-order valence-electron chi connectivity index (χ2n) is 31.8. The van der Waals surface area contributed by atoms with E-state index >= 15 is 0 Å². The van der Waals surface area contributed by atoms with Crippen molar-refractivity contribution in [2.24, 2.45) is 0 Å². The highest BCUT2D eigenvalue weighted by molar-refractivity contribution is 5.93. The summed E-state index contributed by atoms with van der Waals surface area (Å²) in [4.78, 5) is 4.84. The molecule has 19 rings (SSSR count). The lowest BCUT2D eigenvalue weighted by Crippen LogP contribution is -2.28. The van der Waals surface area contributed by atoms with Crippen LogP contribution in [0.25, 0.3) is 77.9 Å². The predicted molar refractivity (Wildman–Crippen MR) is 470 cm³/mol. The molecular formula is C109H88N2O2. The first-order chi connectivity index (χ1) is 55.3. The largest absolute Gasteiger partial charge is 0.457 e. The standard InChI is InChI=1S/C109H88N2O2/c1-7-73(2)76-35-31-74(32-36-76)71-112-72-75-33-59-93(60-34-75)113-94-61-47-86(48-62-94)109(85-25-15-10-16-26-85)105-67-83(81-41-53-89(54-42-81)110(87-49-37-79(38-50-87)77-21-11-8-12-22-77)91-57-65-97-95-27-17-19-29-101(95)107(3,4)103(97)69-91)45-63-99(105)100-64-46-84(68-106(100)109)82-43-55-90(56-44-82)111(88-51-39-80(40-52-88)78-23-13-9-14-24-78)92-58-66-98-96-28-18-20-30-102(96)108(5,6)104(98)70-92/h8-70,73H,7,71-72H2,1-6H3. The Hall–Kier alpha value is -13.1. The van der Waals surface area contributed by atoms with Crippen LogP contribution >= 0.6 is 0 Å². The summed E-state index contributed by atoms with van der Waals surface area (Å²) in [6, 6.07) is 141. The Morgan fingerprint density at radius 2 is 0.575 bits per heavy atom. The van der Waals surface area contributed by atoms with E-state index in [1.807, 2.05) is 12.1 Å². The number of nitrogens with zero attached hydrogens (tertiary/aromatic N) is 2. The van der Waals surface area contributed by atoms with Crippen molar-refractivity contribution in [3.63, 3.8) is 0 Å². The molecule has 0 spiro atoms. The van der Waals surface area contributed by atoms with Crippen LogP contribution in [0.5, 0.6) is 11.5 Å². The lowest BCUT2D eigenvalue weighted by atomic mass is 9.67. The molecule has 546 valence electrons. The maximum Gasteiger partial charge on any atom is 0.127 e. The van der Waals surface area contributed by atoms with Gasteiger partial charge in [-0.2, -0.15) is 0 Å². The zero-order valence-electron chi connectivity index (χ0n) is 64.8. The lowest BCUT2D eigenvalue weighted by Gasteiger charge is -2.34. The van der Waals surface area contributed by atoms with Crippen LogP contribution in [-0.4, -0.2) is 0 Å². The molecule has 1 atom stereocenters. The van der Waals surface area contributed by atoms with Crippen molar-refractivity contribution in [2.45, 2.75) is 83.3 Å². The van der Waals surface area contributed by atoms with Crippen LogP contribution in [0.15, 0.2) is 382 Å². The number of anilines is 6. The molecule has 0 saturated carbocycles. The minimum Gasteiger partial charge on any atom is -0.457 e. The molecule has 0 fully saturated rings. The molecule has 113 heavy (non-hydrogen) atoms. The van der Waals surface area contributed by atoms with Gasteiger partial charge in [-0.05, 0) is 261 Å². The second kappa shape index (κ2) is 29.0. The van der Waals surface area contributed by atoms with Crippen LogP contribution in [-0.2, 0) is 34.2 Å². The van der Waals surface area contributed by atoms with Gasteiger partial charge in [-0.15, -0.1) is 0 Å². The highest BCUT2D eigenvalue weighted by atomic mass is 16.5. The Kier molecular flexibility index (Phi) is 18.0. The number of rotatable bonds is 20. The van der Waals surface area contributed by atoms with E-state index in [9.17, 15) is 0 Å². The van der Waals surface area contributed by atoms with Gasteiger partial charge in [0, 0.05) is 45.0 Å². The van der Waals surface area contributed by atoms with Gasteiger partial charge in [0.15, 0.2) is 0 Å². The number of hydrogen-bond acceptors (Lipinski definition) is 4. The maximum absolute atomic E-state index is 6.74. The van der Waals surface area contributed by atoms with Crippen LogP contribution in [0.4, 0.5) is 34.1 Å². The van der Waals surface area contributed by atoms with Crippen molar-refractivity contribution in [1.82, 2.24) is 0 Å².